The van der Waals surface area contributed by atoms with E-state index in [-0.39, 0.29) is 0 Å². The number of nitrogens with zero attached hydrogens (tertiary/aromatic N) is 5. The summed E-state index contributed by atoms with van der Waals surface area (Å²) in [4.78, 5) is 0. The predicted octanol–water partition coefficient (Wildman–Crippen LogP) is 1.93. The predicted molar refractivity (Wildman–Crippen MR) is 76.8 cm³/mol. The molecule has 0 amide bonds. The monoisotopic (exact) mass is 281 g/mol. The average Bonchev–Trinajstić information content (AvgIpc) is 2.96. The van der Waals surface area contributed by atoms with Crippen LogP contribution in [-0.4, -0.2) is 24.5 Å². The molecule has 0 saturated carbocycles. The van der Waals surface area contributed by atoms with Gasteiger partial charge in [0.1, 0.15) is 18.1 Å². The zero-order valence-corrected chi connectivity index (χ0v) is 11.9. The Balaban J connectivity index is 1.83. The van der Waals surface area contributed by atoms with Crippen LogP contribution in [0.25, 0.3) is 11.5 Å². The van der Waals surface area contributed by atoms with Crippen molar-refractivity contribution in [1.82, 2.24) is 24.5 Å². The normalized spacial score (nSPS) is 13.2. The van der Waals surface area contributed by atoms with Crippen LogP contribution in [0.1, 0.15) is 17.1 Å². The highest BCUT2D eigenvalue weighted by atomic mass is 16.5. The quantitative estimate of drug-likeness (QED) is 0.684. The van der Waals surface area contributed by atoms with Crippen molar-refractivity contribution in [1.29, 1.82) is 0 Å². The number of hydrogen-bond donors (Lipinski definition) is 0. The molecule has 1 aliphatic heterocycles. The Labute approximate surface area is 122 Å². The summed E-state index contributed by atoms with van der Waals surface area (Å²) in [6, 6.07) is 10.1. The smallest absolute Gasteiger partial charge is 0.184 e. The van der Waals surface area contributed by atoms with Crippen molar-refractivity contribution < 1.29 is 4.74 Å². The van der Waals surface area contributed by atoms with Crippen molar-refractivity contribution >= 4 is 0 Å². The van der Waals surface area contributed by atoms with Gasteiger partial charge in [0.25, 0.3) is 0 Å². The highest BCUT2D eigenvalue weighted by Crippen LogP contribution is 2.27. The number of para-hydroxylation sites is 1. The Morgan fingerprint density at radius 1 is 1.19 bits per heavy atom. The Kier molecular flexibility index (Phi) is 2.57. The summed E-state index contributed by atoms with van der Waals surface area (Å²) in [5.74, 6) is 2.52. The molecule has 0 atom stereocenters. The third kappa shape index (κ3) is 1.91. The zero-order valence-electron chi connectivity index (χ0n) is 11.9. The molecule has 0 unspecified atom stereocenters. The van der Waals surface area contributed by atoms with Crippen LogP contribution < -0.4 is 4.74 Å². The number of aromatic nitrogens is 5. The molecule has 2 aromatic heterocycles. The van der Waals surface area contributed by atoms with Gasteiger partial charge in [-0.2, -0.15) is 5.10 Å². The molecule has 6 nitrogen and oxygen atoms in total. The van der Waals surface area contributed by atoms with E-state index in [0.29, 0.717) is 13.2 Å². The molecule has 4 rings (SSSR count). The first-order chi connectivity index (χ1) is 10.2. The first-order valence-electron chi connectivity index (χ1n) is 6.86. The second kappa shape index (κ2) is 4.44. The van der Waals surface area contributed by atoms with Crippen LogP contribution in [0.3, 0.4) is 0 Å². The summed E-state index contributed by atoms with van der Waals surface area (Å²) in [5, 5.41) is 13.0. The number of hydrogen-bond acceptors (Lipinski definition) is 4. The van der Waals surface area contributed by atoms with Gasteiger partial charge in [0, 0.05) is 18.3 Å². The van der Waals surface area contributed by atoms with E-state index in [2.05, 4.69) is 25.9 Å². The number of aryl methyl sites for hydroxylation is 2. The number of fused-ring (bicyclic) bond motifs is 2. The first-order valence-corrected chi connectivity index (χ1v) is 6.86. The maximum absolute atomic E-state index is 5.80. The molecular formula is C15H15N5O. The topological polar surface area (TPSA) is 57.8 Å². The van der Waals surface area contributed by atoms with Gasteiger partial charge in [-0.3, -0.25) is 4.68 Å². The largest absolute Gasteiger partial charge is 0.485 e. The molecule has 106 valence electrons. The van der Waals surface area contributed by atoms with Crippen molar-refractivity contribution in [3.8, 4) is 17.3 Å². The van der Waals surface area contributed by atoms with Crippen LogP contribution in [0.15, 0.2) is 30.3 Å². The summed E-state index contributed by atoms with van der Waals surface area (Å²) >= 11 is 0. The molecule has 0 radical (unpaired) electrons. The van der Waals surface area contributed by atoms with E-state index in [1.165, 1.54) is 0 Å². The van der Waals surface area contributed by atoms with E-state index in [4.69, 9.17) is 4.74 Å². The molecule has 1 aromatic carbocycles. The first kappa shape index (κ1) is 12.1. The zero-order chi connectivity index (χ0) is 14.4. The third-order valence-electron chi connectivity index (χ3n) is 3.83. The van der Waals surface area contributed by atoms with Gasteiger partial charge >= 0.3 is 0 Å². The van der Waals surface area contributed by atoms with E-state index in [1.54, 1.807) is 0 Å². The highest BCUT2D eigenvalue weighted by Gasteiger charge is 2.21. The molecule has 0 saturated heterocycles. The van der Waals surface area contributed by atoms with Gasteiger partial charge in [0.15, 0.2) is 11.6 Å². The van der Waals surface area contributed by atoms with Gasteiger partial charge in [0.2, 0.25) is 0 Å². The van der Waals surface area contributed by atoms with Gasteiger partial charge in [-0.15, -0.1) is 10.2 Å². The molecule has 0 spiro atoms. The Hall–Kier alpha value is -2.63. The molecule has 0 N–H and O–H groups in total. The summed E-state index contributed by atoms with van der Waals surface area (Å²) in [7, 11) is 1.93. The van der Waals surface area contributed by atoms with Crippen molar-refractivity contribution in [2.45, 2.75) is 20.1 Å². The summed E-state index contributed by atoms with van der Waals surface area (Å²) in [5.41, 5.74) is 3.06. The van der Waals surface area contributed by atoms with E-state index in [0.717, 1.165) is 34.3 Å². The number of benzene rings is 1. The lowest BCUT2D eigenvalue weighted by atomic mass is 10.2. The van der Waals surface area contributed by atoms with Gasteiger partial charge in [0.05, 0.1) is 6.54 Å². The second-order valence-corrected chi connectivity index (χ2v) is 5.22. The summed E-state index contributed by atoms with van der Waals surface area (Å²) in [6.07, 6.45) is 0. The standard InChI is InChI=1S/C15H15N5O/c1-10-7-12(18-19(10)2)15-17-16-14-9-21-13-6-4-3-5-11(13)8-20(14)15/h3-7H,8-9H2,1-2H3. The van der Waals surface area contributed by atoms with Crippen LogP contribution in [0, 0.1) is 6.92 Å². The fourth-order valence-corrected chi connectivity index (χ4v) is 2.56. The van der Waals surface area contributed by atoms with Crippen molar-refractivity contribution in [3.63, 3.8) is 0 Å². The molecule has 1 aliphatic rings. The molecule has 0 fully saturated rings. The van der Waals surface area contributed by atoms with Crippen molar-refractivity contribution in [3.05, 3.63) is 47.4 Å². The van der Waals surface area contributed by atoms with Gasteiger partial charge < -0.3 is 9.30 Å². The molecule has 3 aromatic rings. The van der Waals surface area contributed by atoms with Gasteiger partial charge in [-0.25, -0.2) is 0 Å². The summed E-state index contributed by atoms with van der Waals surface area (Å²) < 4.78 is 9.73. The number of rotatable bonds is 1. The second-order valence-electron chi connectivity index (χ2n) is 5.22. The minimum absolute atomic E-state index is 0.426. The molecular weight excluding hydrogens is 266 g/mol. The lowest BCUT2D eigenvalue weighted by Crippen LogP contribution is -2.05. The number of ether oxygens (including phenoxy) is 1. The van der Waals surface area contributed by atoms with Gasteiger partial charge in [-0.05, 0) is 19.1 Å². The Morgan fingerprint density at radius 2 is 2.05 bits per heavy atom. The molecule has 6 heteroatoms. The maximum atomic E-state index is 5.80. The van der Waals surface area contributed by atoms with Crippen molar-refractivity contribution in [2.75, 3.05) is 0 Å². The minimum atomic E-state index is 0.426. The maximum Gasteiger partial charge on any atom is 0.184 e. The van der Waals surface area contributed by atoms with Crippen LogP contribution in [-0.2, 0) is 20.2 Å². The molecule has 0 aliphatic carbocycles. The minimum Gasteiger partial charge on any atom is -0.485 e. The van der Waals surface area contributed by atoms with Crippen LogP contribution in [0.4, 0.5) is 0 Å². The molecule has 0 bridgehead atoms. The van der Waals surface area contributed by atoms with Crippen LogP contribution in [0.5, 0.6) is 5.75 Å². The lowest BCUT2D eigenvalue weighted by molar-refractivity contribution is 0.297. The fraction of sp³-hybridized carbons (Fsp3) is 0.267. The lowest BCUT2D eigenvalue weighted by Gasteiger charge is -2.06. The fourth-order valence-electron chi connectivity index (χ4n) is 2.56. The molecule has 21 heavy (non-hydrogen) atoms. The van der Waals surface area contributed by atoms with Crippen molar-refractivity contribution in [2.24, 2.45) is 7.05 Å². The highest BCUT2D eigenvalue weighted by molar-refractivity contribution is 5.51. The van der Waals surface area contributed by atoms with E-state index < -0.39 is 0 Å². The Morgan fingerprint density at radius 3 is 2.86 bits per heavy atom. The van der Waals surface area contributed by atoms with E-state index >= 15 is 0 Å². The molecule has 3 heterocycles. The van der Waals surface area contributed by atoms with E-state index in [1.807, 2.05) is 42.9 Å². The van der Waals surface area contributed by atoms with Crippen LogP contribution >= 0.6 is 0 Å². The third-order valence-corrected chi connectivity index (χ3v) is 3.83. The van der Waals surface area contributed by atoms with Crippen LogP contribution in [0.2, 0.25) is 0 Å². The average molecular weight is 281 g/mol. The SMILES string of the molecule is Cc1cc(-c2nnc3n2Cc2ccccc2OC3)nn1C. The summed E-state index contributed by atoms with van der Waals surface area (Å²) in [6.45, 7) is 3.15. The van der Waals surface area contributed by atoms with Gasteiger partial charge in [-0.1, -0.05) is 18.2 Å². The Bertz CT molecular complexity index is 798. The van der Waals surface area contributed by atoms with E-state index in [9.17, 15) is 0 Å².